The van der Waals surface area contributed by atoms with Crippen molar-refractivity contribution in [2.75, 3.05) is 10.6 Å². The van der Waals surface area contributed by atoms with Gasteiger partial charge in [0.1, 0.15) is 0 Å². The van der Waals surface area contributed by atoms with E-state index in [9.17, 15) is 9.90 Å². The van der Waals surface area contributed by atoms with Crippen molar-refractivity contribution in [1.29, 1.82) is 0 Å². The van der Waals surface area contributed by atoms with Crippen molar-refractivity contribution in [3.05, 3.63) is 118 Å². The number of carboxylic acid groups (broad SMARTS) is 1. The van der Waals surface area contributed by atoms with Crippen molar-refractivity contribution < 1.29 is 15.0 Å². The van der Waals surface area contributed by atoms with Gasteiger partial charge >= 0.3 is 5.97 Å². The van der Waals surface area contributed by atoms with Gasteiger partial charge in [0.05, 0.1) is 24.3 Å². The van der Waals surface area contributed by atoms with Crippen molar-refractivity contribution in [1.82, 2.24) is 0 Å². The molecule has 4 aromatic rings. The zero-order chi connectivity index (χ0) is 31.3. The van der Waals surface area contributed by atoms with Crippen LogP contribution in [-0.4, -0.2) is 28.0 Å². The van der Waals surface area contributed by atoms with E-state index < -0.39 is 11.6 Å². The first-order chi connectivity index (χ1) is 20.4. The normalized spacial score (nSPS) is 12.4. The van der Waals surface area contributed by atoms with Crippen LogP contribution in [0.4, 0.5) is 5.69 Å². The van der Waals surface area contributed by atoms with E-state index in [0.717, 1.165) is 46.5 Å². The SMILES string of the molecule is CC(C)(C)O.CSN1Cc2cc(/C=C/Cc3ccccc3)ccc2-c2c(C)c(-c3ccc(C)cc3)c(CC(=O)O)c(C)c21. The molecule has 0 saturated carbocycles. The zero-order valence-electron chi connectivity index (χ0n) is 26.4. The maximum absolute atomic E-state index is 12.0. The van der Waals surface area contributed by atoms with Gasteiger partial charge in [0.15, 0.2) is 0 Å². The Labute approximate surface area is 261 Å². The van der Waals surface area contributed by atoms with Crippen molar-refractivity contribution >= 4 is 29.7 Å². The summed E-state index contributed by atoms with van der Waals surface area (Å²) in [7, 11) is 0. The van der Waals surface area contributed by atoms with Crippen LogP contribution in [0.1, 0.15) is 59.7 Å². The molecule has 5 heteroatoms. The number of aliphatic hydroxyl groups is 1. The minimum absolute atomic E-state index is 0.00336. The molecule has 0 saturated heterocycles. The average Bonchev–Trinajstić information content (AvgIpc) is 2.95. The maximum Gasteiger partial charge on any atom is 0.307 e. The van der Waals surface area contributed by atoms with Gasteiger partial charge in [-0.25, -0.2) is 0 Å². The Morgan fingerprint density at radius 1 is 0.930 bits per heavy atom. The number of aryl methyl sites for hydroxylation is 1. The lowest BCUT2D eigenvalue weighted by molar-refractivity contribution is -0.136. The fourth-order valence-corrected chi connectivity index (χ4v) is 6.28. The number of aliphatic carboxylic acids is 1. The molecule has 1 aliphatic rings. The first-order valence-electron chi connectivity index (χ1n) is 14.7. The number of fused-ring (bicyclic) bond motifs is 3. The maximum atomic E-state index is 12.0. The molecular formula is C38H43NO3S. The number of carbonyl (C=O) groups is 1. The molecule has 43 heavy (non-hydrogen) atoms. The molecule has 0 bridgehead atoms. The number of anilines is 1. The highest BCUT2D eigenvalue weighted by molar-refractivity contribution is 7.99. The van der Waals surface area contributed by atoms with Crippen LogP contribution < -0.4 is 4.31 Å². The molecule has 1 aliphatic heterocycles. The molecule has 4 nitrogen and oxygen atoms in total. The lowest BCUT2D eigenvalue weighted by Crippen LogP contribution is -2.22. The summed E-state index contributed by atoms with van der Waals surface area (Å²) in [6, 6.07) is 25.7. The van der Waals surface area contributed by atoms with Crippen molar-refractivity contribution in [2.45, 2.75) is 66.5 Å². The molecule has 0 aliphatic carbocycles. The molecule has 0 amide bonds. The molecule has 0 atom stereocenters. The second-order valence-electron chi connectivity index (χ2n) is 12.2. The number of benzene rings is 4. The second kappa shape index (κ2) is 13.7. The Morgan fingerprint density at radius 2 is 1.58 bits per heavy atom. The highest BCUT2D eigenvalue weighted by Crippen LogP contribution is 2.50. The van der Waals surface area contributed by atoms with Gasteiger partial charge in [-0.05, 0) is 104 Å². The van der Waals surface area contributed by atoms with Gasteiger partial charge in [-0.2, -0.15) is 0 Å². The van der Waals surface area contributed by atoms with Gasteiger partial charge in [-0.15, -0.1) is 0 Å². The minimum Gasteiger partial charge on any atom is -0.481 e. The van der Waals surface area contributed by atoms with E-state index in [-0.39, 0.29) is 6.42 Å². The third kappa shape index (κ3) is 7.98. The lowest BCUT2D eigenvalue weighted by Gasteiger charge is -2.36. The summed E-state index contributed by atoms with van der Waals surface area (Å²) in [5.74, 6) is -0.806. The quantitative estimate of drug-likeness (QED) is 0.209. The molecular weight excluding hydrogens is 550 g/mol. The standard InChI is InChI=1S/C34H33NO2S.C4H10O/c1-22-13-16-27(17-14-22)32-24(3)33-29-18-15-26(12-8-11-25-9-6-5-7-10-25)19-28(29)21-35(38-4)34(33)23(2)30(32)20-31(36)37;1-4(2,3)5/h5-10,12-19H,11,20-21H2,1-4H3,(H,36,37);5H,1-3H3/b12-8+;. The minimum atomic E-state index is -0.806. The fraction of sp³-hybridized carbons (Fsp3) is 0.289. The first kappa shape index (κ1) is 32.1. The molecule has 0 unspecified atom stereocenters. The highest BCUT2D eigenvalue weighted by atomic mass is 32.2. The predicted molar refractivity (Wildman–Crippen MR) is 184 cm³/mol. The topological polar surface area (TPSA) is 60.8 Å². The van der Waals surface area contributed by atoms with Gasteiger partial charge in [0, 0.05) is 11.8 Å². The molecule has 0 spiro atoms. The number of hydrogen-bond acceptors (Lipinski definition) is 4. The van der Waals surface area contributed by atoms with Crippen molar-refractivity contribution in [3.63, 3.8) is 0 Å². The Morgan fingerprint density at radius 3 is 2.19 bits per heavy atom. The molecule has 1 heterocycles. The lowest BCUT2D eigenvalue weighted by atomic mass is 9.80. The molecule has 2 N–H and O–H groups in total. The van der Waals surface area contributed by atoms with Crippen molar-refractivity contribution in [3.8, 4) is 22.3 Å². The third-order valence-electron chi connectivity index (χ3n) is 7.45. The van der Waals surface area contributed by atoms with Gasteiger partial charge in [0.25, 0.3) is 0 Å². The van der Waals surface area contributed by atoms with Crippen LogP contribution in [0.25, 0.3) is 28.3 Å². The van der Waals surface area contributed by atoms with E-state index in [1.807, 2.05) is 6.07 Å². The van der Waals surface area contributed by atoms with Gasteiger partial charge in [-0.3, -0.25) is 4.79 Å². The molecule has 4 aromatic carbocycles. The summed E-state index contributed by atoms with van der Waals surface area (Å²) in [6.07, 6.45) is 7.44. The van der Waals surface area contributed by atoms with Crippen LogP contribution in [0.15, 0.2) is 78.9 Å². The number of allylic oxidation sites excluding steroid dienone is 1. The van der Waals surface area contributed by atoms with E-state index in [2.05, 4.69) is 110 Å². The van der Waals surface area contributed by atoms with Gasteiger partial charge in [-0.1, -0.05) is 96.4 Å². The predicted octanol–water partition coefficient (Wildman–Crippen LogP) is 9.20. The number of hydrogen-bond donors (Lipinski definition) is 2. The number of rotatable bonds is 7. The van der Waals surface area contributed by atoms with Crippen LogP contribution in [0.5, 0.6) is 0 Å². The monoisotopic (exact) mass is 593 g/mol. The van der Waals surface area contributed by atoms with Crippen molar-refractivity contribution in [2.24, 2.45) is 0 Å². The Balaban J connectivity index is 0.000000782. The average molecular weight is 594 g/mol. The van der Waals surface area contributed by atoms with Crippen LogP contribution in [0.2, 0.25) is 0 Å². The smallest absolute Gasteiger partial charge is 0.307 e. The van der Waals surface area contributed by atoms with Crippen LogP contribution >= 0.6 is 11.9 Å². The summed E-state index contributed by atoms with van der Waals surface area (Å²) in [5, 5.41) is 18.4. The zero-order valence-corrected chi connectivity index (χ0v) is 27.2. The molecule has 0 radical (unpaired) electrons. The van der Waals surface area contributed by atoms with E-state index in [4.69, 9.17) is 5.11 Å². The van der Waals surface area contributed by atoms with E-state index >= 15 is 0 Å². The Bertz CT molecular complexity index is 1610. The van der Waals surface area contributed by atoms with Crippen LogP contribution in [0.3, 0.4) is 0 Å². The summed E-state index contributed by atoms with van der Waals surface area (Å²) >= 11 is 1.69. The fourth-order valence-electron chi connectivity index (χ4n) is 5.60. The molecule has 224 valence electrons. The summed E-state index contributed by atoms with van der Waals surface area (Å²) in [5.41, 5.74) is 13.3. The number of nitrogens with zero attached hydrogens (tertiary/aromatic N) is 1. The largest absolute Gasteiger partial charge is 0.481 e. The third-order valence-corrected chi connectivity index (χ3v) is 8.21. The van der Waals surface area contributed by atoms with E-state index in [1.165, 1.54) is 33.4 Å². The summed E-state index contributed by atoms with van der Waals surface area (Å²) in [6.45, 7) is 12.3. The first-order valence-corrected chi connectivity index (χ1v) is 15.9. The summed E-state index contributed by atoms with van der Waals surface area (Å²) < 4.78 is 2.32. The number of carboxylic acids is 1. The van der Waals surface area contributed by atoms with Gasteiger partial charge < -0.3 is 14.5 Å². The summed E-state index contributed by atoms with van der Waals surface area (Å²) in [4.78, 5) is 12.0. The second-order valence-corrected chi connectivity index (χ2v) is 13.0. The molecule has 5 rings (SSSR count). The van der Waals surface area contributed by atoms with E-state index in [0.29, 0.717) is 0 Å². The highest BCUT2D eigenvalue weighted by Gasteiger charge is 2.30. The van der Waals surface area contributed by atoms with Crippen LogP contribution in [0, 0.1) is 20.8 Å². The Kier molecular flexibility index (Phi) is 10.2. The Hall–Kier alpha value is -3.80. The van der Waals surface area contributed by atoms with E-state index in [1.54, 1.807) is 32.7 Å². The van der Waals surface area contributed by atoms with Crippen LogP contribution in [-0.2, 0) is 24.2 Å². The molecule has 0 aromatic heterocycles. The molecule has 0 fully saturated rings. The van der Waals surface area contributed by atoms with Gasteiger partial charge in [0.2, 0.25) is 0 Å².